The van der Waals surface area contributed by atoms with E-state index in [1.54, 1.807) is 91.0 Å². The maximum atomic E-state index is 13.2. The van der Waals surface area contributed by atoms with Crippen LogP contribution in [-0.4, -0.2) is 20.2 Å². The third-order valence-electron chi connectivity index (χ3n) is 5.62. The van der Waals surface area contributed by atoms with Gasteiger partial charge in [0.2, 0.25) is 5.78 Å². The number of carbonyl (C=O) groups is 2. The van der Waals surface area contributed by atoms with Gasteiger partial charge in [0.05, 0.1) is 16.2 Å². The van der Waals surface area contributed by atoms with Crippen LogP contribution in [0.3, 0.4) is 0 Å². The fourth-order valence-electron chi connectivity index (χ4n) is 3.63. The Bertz CT molecular complexity index is 1460. The van der Waals surface area contributed by atoms with Gasteiger partial charge < -0.3 is 4.74 Å². The van der Waals surface area contributed by atoms with Gasteiger partial charge in [-0.1, -0.05) is 71.8 Å². The van der Waals surface area contributed by atoms with Crippen LogP contribution in [0.1, 0.15) is 43.5 Å². The molecule has 0 aromatic heterocycles. The molecule has 0 saturated heterocycles. The van der Waals surface area contributed by atoms with Crippen LogP contribution in [0.2, 0.25) is 5.02 Å². The second-order valence-electron chi connectivity index (χ2n) is 8.34. The standard InChI is InChI=1S/C29H23ClO5S/c1-20-7-17-26(18-8-20)36(33,34)19-21-9-11-24(12-10-21)29(32)35-28(23-5-3-2-4-6-23)27(31)22-13-15-25(30)16-14-22/h2-18,28H,19H2,1H3/t28-/m1/s1. The monoisotopic (exact) mass is 518 g/mol. The summed E-state index contributed by atoms with van der Waals surface area (Å²) in [7, 11) is -3.53. The normalized spacial score (nSPS) is 12.1. The van der Waals surface area contributed by atoms with E-state index >= 15 is 0 Å². The van der Waals surface area contributed by atoms with Gasteiger partial charge >= 0.3 is 5.97 Å². The van der Waals surface area contributed by atoms with E-state index in [0.717, 1.165) is 5.56 Å². The first-order valence-corrected chi connectivity index (χ1v) is 13.2. The first kappa shape index (κ1) is 25.4. The second-order valence-corrected chi connectivity index (χ2v) is 10.8. The van der Waals surface area contributed by atoms with Crippen LogP contribution >= 0.6 is 11.6 Å². The summed E-state index contributed by atoms with van der Waals surface area (Å²) in [6.45, 7) is 1.89. The van der Waals surface area contributed by atoms with Crippen molar-refractivity contribution >= 4 is 33.2 Å². The highest BCUT2D eigenvalue weighted by Crippen LogP contribution is 2.25. The second kappa shape index (κ2) is 10.9. The Morgan fingerprint density at radius 3 is 1.97 bits per heavy atom. The Morgan fingerprint density at radius 2 is 1.36 bits per heavy atom. The van der Waals surface area contributed by atoms with E-state index in [4.69, 9.17) is 16.3 Å². The molecule has 0 heterocycles. The Hall–Kier alpha value is -3.74. The van der Waals surface area contributed by atoms with Crippen molar-refractivity contribution in [3.63, 3.8) is 0 Å². The molecular weight excluding hydrogens is 496 g/mol. The van der Waals surface area contributed by atoms with Crippen LogP contribution in [0.4, 0.5) is 0 Å². The first-order chi connectivity index (χ1) is 17.2. The Kier molecular flexibility index (Phi) is 7.67. The SMILES string of the molecule is Cc1ccc(S(=O)(=O)Cc2ccc(C(=O)O[C@@H](C(=O)c3ccc(Cl)cc3)c3ccccc3)cc2)cc1. The smallest absolute Gasteiger partial charge is 0.339 e. The molecule has 0 bridgehead atoms. The molecule has 0 aliphatic carbocycles. The lowest BCUT2D eigenvalue weighted by Crippen LogP contribution is -2.20. The zero-order valence-electron chi connectivity index (χ0n) is 19.4. The number of aryl methyl sites for hydroxylation is 1. The Balaban J connectivity index is 1.52. The van der Waals surface area contributed by atoms with Crippen molar-refractivity contribution in [2.24, 2.45) is 0 Å². The van der Waals surface area contributed by atoms with Crippen LogP contribution in [0.15, 0.2) is 108 Å². The van der Waals surface area contributed by atoms with Crippen molar-refractivity contribution in [1.82, 2.24) is 0 Å². The van der Waals surface area contributed by atoms with Crippen LogP contribution < -0.4 is 0 Å². The number of Topliss-reactive ketones (excluding diaryl/α,β-unsaturated/α-hetero) is 1. The first-order valence-electron chi connectivity index (χ1n) is 11.2. The topological polar surface area (TPSA) is 77.5 Å². The number of rotatable bonds is 8. The summed E-state index contributed by atoms with van der Waals surface area (Å²) in [4.78, 5) is 26.4. The molecule has 0 amide bonds. The number of esters is 1. The number of benzene rings is 4. The molecule has 182 valence electrons. The summed E-state index contributed by atoms with van der Waals surface area (Å²) < 4.78 is 31.1. The number of hydrogen-bond donors (Lipinski definition) is 0. The van der Waals surface area contributed by atoms with E-state index in [1.165, 1.54) is 12.1 Å². The van der Waals surface area contributed by atoms with Crippen LogP contribution in [-0.2, 0) is 20.3 Å². The highest BCUT2D eigenvalue weighted by molar-refractivity contribution is 7.90. The van der Waals surface area contributed by atoms with Crippen LogP contribution in [0.5, 0.6) is 0 Å². The minimum Gasteiger partial charge on any atom is -0.445 e. The average Bonchev–Trinajstić information content (AvgIpc) is 2.88. The van der Waals surface area contributed by atoms with E-state index in [9.17, 15) is 18.0 Å². The molecular formula is C29H23ClO5S. The predicted molar refractivity (Wildman–Crippen MR) is 139 cm³/mol. The van der Waals surface area contributed by atoms with Crippen LogP contribution in [0.25, 0.3) is 0 Å². The number of carbonyl (C=O) groups excluding carboxylic acids is 2. The molecule has 0 fully saturated rings. The summed E-state index contributed by atoms with van der Waals surface area (Å²) in [6.07, 6.45) is -1.15. The van der Waals surface area contributed by atoms with Gasteiger partial charge in [-0.15, -0.1) is 0 Å². The summed E-state index contributed by atoms with van der Waals surface area (Å²) >= 11 is 5.94. The molecule has 7 heteroatoms. The molecule has 0 aliphatic heterocycles. The quantitative estimate of drug-likeness (QED) is 0.199. The fourth-order valence-corrected chi connectivity index (χ4v) is 5.10. The number of sulfone groups is 1. The Morgan fingerprint density at radius 1 is 0.778 bits per heavy atom. The van der Waals surface area contributed by atoms with Gasteiger partial charge in [-0.2, -0.15) is 0 Å². The summed E-state index contributed by atoms with van der Waals surface area (Å²) in [6, 6.07) is 27.9. The molecule has 0 aliphatic rings. The van der Waals surface area contributed by atoms with Crippen molar-refractivity contribution in [1.29, 1.82) is 0 Å². The highest BCUT2D eigenvalue weighted by Gasteiger charge is 2.27. The van der Waals surface area contributed by atoms with E-state index in [1.807, 2.05) is 6.92 Å². The molecule has 0 unspecified atom stereocenters. The van der Waals surface area contributed by atoms with E-state index < -0.39 is 21.9 Å². The van der Waals surface area contributed by atoms with Gasteiger partial charge in [0.15, 0.2) is 15.9 Å². The molecule has 4 aromatic rings. The van der Waals surface area contributed by atoms with Crippen molar-refractivity contribution in [3.8, 4) is 0 Å². The van der Waals surface area contributed by atoms with Crippen molar-refractivity contribution in [2.75, 3.05) is 0 Å². The van der Waals surface area contributed by atoms with Crippen molar-refractivity contribution in [3.05, 3.63) is 136 Å². The van der Waals surface area contributed by atoms with Gasteiger partial charge in [-0.3, -0.25) is 4.79 Å². The van der Waals surface area contributed by atoms with E-state index in [2.05, 4.69) is 0 Å². The van der Waals surface area contributed by atoms with Crippen molar-refractivity contribution in [2.45, 2.75) is 23.7 Å². The third-order valence-corrected chi connectivity index (χ3v) is 7.58. The molecule has 0 radical (unpaired) electrons. The lowest BCUT2D eigenvalue weighted by molar-refractivity contribution is 0.0280. The number of halogens is 1. The van der Waals surface area contributed by atoms with Gasteiger partial charge in [0.1, 0.15) is 0 Å². The zero-order chi connectivity index (χ0) is 25.7. The van der Waals surface area contributed by atoms with Gasteiger partial charge in [0, 0.05) is 16.1 Å². The average molecular weight is 519 g/mol. The number of ketones is 1. The number of hydrogen-bond acceptors (Lipinski definition) is 5. The molecule has 5 nitrogen and oxygen atoms in total. The fraction of sp³-hybridized carbons (Fsp3) is 0.103. The molecule has 0 spiro atoms. The van der Waals surface area contributed by atoms with Crippen LogP contribution in [0, 0.1) is 6.92 Å². The molecule has 36 heavy (non-hydrogen) atoms. The molecule has 4 rings (SSSR count). The van der Waals surface area contributed by atoms with E-state index in [0.29, 0.717) is 21.7 Å². The third kappa shape index (κ3) is 6.08. The summed E-state index contributed by atoms with van der Waals surface area (Å²) in [5, 5.41) is 0.490. The Labute approximate surface area is 215 Å². The summed E-state index contributed by atoms with van der Waals surface area (Å²) in [5.41, 5.74) is 2.60. The minimum atomic E-state index is -3.53. The molecule has 0 saturated carbocycles. The van der Waals surface area contributed by atoms with Gasteiger partial charge in [-0.05, 0) is 61.0 Å². The number of ether oxygens (including phenoxy) is 1. The zero-order valence-corrected chi connectivity index (χ0v) is 21.0. The summed E-state index contributed by atoms with van der Waals surface area (Å²) in [5.74, 6) is -1.28. The molecule has 4 aromatic carbocycles. The lowest BCUT2D eigenvalue weighted by atomic mass is 9.99. The highest BCUT2D eigenvalue weighted by atomic mass is 35.5. The maximum Gasteiger partial charge on any atom is 0.339 e. The van der Waals surface area contributed by atoms with Gasteiger partial charge in [0.25, 0.3) is 0 Å². The minimum absolute atomic E-state index is 0.201. The predicted octanol–water partition coefficient (Wildman–Crippen LogP) is 6.40. The van der Waals surface area contributed by atoms with Crippen molar-refractivity contribution < 1.29 is 22.7 Å². The largest absolute Gasteiger partial charge is 0.445 e. The lowest BCUT2D eigenvalue weighted by Gasteiger charge is -2.18. The maximum absolute atomic E-state index is 13.2. The molecule has 1 atom stereocenters. The molecule has 0 N–H and O–H groups in total. The van der Waals surface area contributed by atoms with E-state index in [-0.39, 0.29) is 22.0 Å². The van der Waals surface area contributed by atoms with Gasteiger partial charge in [-0.25, -0.2) is 13.2 Å².